The summed E-state index contributed by atoms with van der Waals surface area (Å²) in [6.07, 6.45) is 6.29. The summed E-state index contributed by atoms with van der Waals surface area (Å²) in [5.74, 6) is 0. The van der Waals surface area contributed by atoms with Crippen molar-refractivity contribution in [3.05, 3.63) is 41.3 Å². The van der Waals surface area contributed by atoms with Gasteiger partial charge in [-0.1, -0.05) is 11.6 Å². The number of nitrogens with zero attached hydrogens (tertiary/aromatic N) is 2. The van der Waals surface area contributed by atoms with Crippen LogP contribution < -0.4 is 11.1 Å². The number of aromatic nitrogens is 2. The average Bonchev–Trinajstić information content (AvgIpc) is 3.23. The molecule has 0 atom stereocenters. The zero-order chi connectivity index (χ0) is 13.2. The van der Waals surface area contributed by atoms with Crippen molar-refractivity contribution in [1.82, 2.24) is 15.3 Å². The number of nitrogens with two attached hydrogens (primary N) is 1. The monoisotopic (exact) mass is 274 g/mol. The molecule has 3 rings (SSSR count). The van der Waals surface area contributed by atoms with Crippen LogP contribution in [-0.2, 0) is 0 Å². The van der Waals surface area contributed by atoms with Crippen molar-refractivity contribution in [2.24, 2.45) is 5.73 Å². The van der Waals surface area contributed by atoms with E-state index in [1.54, 1.807) is 6.07 Å². The third kappa shape index (κ3) is 2.85. The smallest absolute Gasteiger partial charge is 0.129 e. The van der Waals surface area contributed by atoms with Gasteiger partial charge in [0.2, 0.25) is 0 Å². The summed E-state index contributed by atoms with van der Waals surface area (Å²) in [5, 5.41) is 3.82. The van der Waals surface area contributed by atoms with E-state index in [0.29, 0.717) is 17.7 Å². The standard InChI is InChI=1S/C14H15ClN4/c15-14-4-3-12-13(19-14)5-9(7-18-12)10(6-16)8-17-11-1-2-11/h3-5,7-8,11,17H,1-2,6,16H2/b10-8+. The summed E-state index contributed by atoms with van der Waals surface area (Å²) >= 11 is 5.90. The van der Waals surface area contributed by atoms with Crippen LogP contribution in [0.2, 0.25) is 5.15 Å². The van der Waals surface area contributed by atoms with Crippen LogP contribution in [0, 0.1) is 0 Å². The van der Waals surface area contributed by atoms with Crippen molar-refractivity contribution in [2.75, 3.05) is 6.54 Å². The summed E-state index contributed by atoms with van der Waals surface area (Å²) < 4.78 is 0. The predicted molar refractivity (Wildman–Crippen MR) is 77.7 cm³/mol. The molecule has 0 amide bonds. The molecule has 1 aliphatic carbocycles. The lowest BCUT2D eigenvalue weighted by Gasteiger charge is -2.07. The van der Waals surface area contributed by atoms with Gasteiger partial charge >= 0.3 is 0 Å². The lowest BCUT2D eigenvalue weighted by molar-refractivity contribution is 0.861. The highest BCUT2D eigenvalue weighted by molar-refractivity contribution is 6.29. The maximum atomic E-state index is 5.90. The van der Waals surface area contributed by atoms with Crippen LogP contribution in [0.1, 0.15) is 18.4 Å². The topological polar surface area (TPSA) is 63.8 Å². The molecule has 4 nitrogen and oxygen atoms in total. The Labute approximate surface area is 116 Å². The van der Waals surface area contributed by atoms with Gasteiger partial charge in [-0.3, -0.25) is 4.98 Å². The van der Waals surface area contributed by atoms with Crippen LogP contribution >= 0.6 is 11.6 Å². The maximum absolute atomic E-state index is 5.90. The fraction of sp³-hybridized carbons (Fsp3) is 0.286. The normalized spacial score (nSPS) is 15.8. The van der Waals surface area contributed by atoms with Gasteiger partial charge in [-0.15, -0.1) is 0 Å². The van der Waals surface area contributed by atoms with Crippen molar-refractivity contribution in [3.63, 3.8) is 0 Å². The summed E-state index contributed by atoms with van der Waals surface area (Å²) in [5.41, 5.74) is 9.44. The van der Waals surface area contributed by atoms with Crippen LogP contribution in [0.3, 0.4) is 0 Å². The van der Waals surface area contributed by atoms with Gasteiger partial charge < -0.3 is 11.1 Å². The zero-order valence-corrected chi connectivity index (χ0v) is 11.2. The number of halogens is 1. The van der Waals surface area contributed by atoms with Crippen molar-refractivity contribution in [3.8, 4) is 0 Å². The second-order valence-corrected chi connectivity index (χ2v) is 5.10. The van der Waals surface area contributed by atoms with Gasteiger partial charge in [0.15, 0.2) is 0 Å². The lowest BCUT2D eigenvalue weighted by Crippen LogP contribution is -2.12. The van der Waals surface area contributed by atoms with E-state index in [9.17, 15) is 0 Å². The van der Waals surface area contributed by atoms with Crippen LogP contribution in [0.15, 0.2) is 30.6 Å². The van der Waals surface area contributed by atoms with Crippen LogP contribution in [0.5, 0.6) is 0 Å². The zero-order valence-electron chi connectivity index (χ0n) is 10.4. The molecule has 0 unspecified atom stereocenters. The molecule has 1 fully saturated rings. The molecule has 1 saturated carbocycles. The molecule has 2 aromatic heterocycles. The Bertz CT molecular complexity index is 634. The first-order chi connectivity index (χ1) is 9.26. The Kier molecular flexibility index (Phi) is 3.36. The maximum Gasteiger partial charge on any atom is 0.129 e. The minimum Gasteiger partial charge on any atom is -0.388 e. The molecule has 0 radical (unpaired) electrons. The molecule has 19 heavy (non-hydrogen) atoms. The van der Waals surface area contributed by atoms with Gasteiger partial charge in [0.05, 0.1) is 11.0 Å². The Hall–Kier alpha value is -1.65. The molecule has 0 saturated heterocycles. The Morgan fingerprint density at radius 1 is 1.42 bits per heavy atom. The van der Waals surface area contributed by atoms with E-state index in [0.717, 1.165) is 22.2 Å². The van der Waals surface area contributed by atoms with Gasteiger partial charge in [0.1, 0.15) is 5.15 Å². The number of fused-ring (bicyclic) bond motifs is 1. The van der Waals surface area contributed by atoms with Gasteiger partial charge in [0.25, 0.3) is 0 Å². The number of nitrogens with one attached hydrogen (secondary N) is 1. The first-order valence-electron chi connectivity index (χ1n) is 6.34. The van der Waals surface area contributed by atoms with Crippen molar-refractivity contribution in [2.45, 2.75) is 18.9 Å². The number of pyridine rings is 2. The van der Waals surface area contributed by atoms with Crippen molar-refractivity contribution >= 4 is 28.2 Å². The fourth-order valence-corrected chi connectivity index (χ4v) is 2.04. The van der Waals surface area contributed by atoms with E-state index in [-0.39, 0.29) is 0 Å². The highest BCUT2D eigenvalue weighted by Crippen LogP contribution is 2.21. The predicted octanol–water partition coefficient (Wildman–Crippen LogP) is 2.33. The third-order valence-corrected chi connectivity index (χ3v) is 3.38. The molecule has 2 aromatic rings. The molecular formula is C14H15ClN4. The Morgan fingerprint density at radius 2 is 2.26 bits per heavy atom. The SMILES string of the molecule is NC/C(=C\NC1CC1)c1cnc2ccc(Cl)nc2c1. The quantitative estimate of drug-likeness (QED) is 0.840. The van der Waals surface area contributed by atoms with Gasteiger partial charge in [-0.25, -0.2) is 4.98 Å². The first kappa shape index (κ1) is 12.4. The van der Waals surface area contributed by atoms with Gasteiger partial charge in [0, 0.05) is 30.5 Å². The van der Waals surface area contributed by atoms with Gasteiger partial charge in [-0.2, -0.15) is 0 Å². The third-order valence-electron chi connectivity index (χ3n) is 3.16. The molecule has 0 bridgehead atoms. The molecular weight excluding hydrogens is 260 g/mol. The summed E-state index contributed by atoms with van der Waals surface area (Å²) in [6.45, 7) is 0.466. The number of rotatable bonds is 4. The first-order valence-corrected chi connectivity index (χ1v) is 6.72. The summed E-state index contributed by atoms with van der Waals surface area (Å²) in [7, 11) is 0. The van der Waals surface area contributed by atoms with E-state index in [1.807, 2.05) is 24.5 Å². The second kappa shape index (κ2) is 5.15. The fourth-order valence-electron chi connectivity index (χ4n) is 1.89. The largest absolute Gasteiger partial charge is 0.388 e. The van der Waals surface area contributed by atoms with Crippen LogP contribution in [0.25, 0.3) is 16.6 Å². The lowest BCUT2D eigenvalue weighted by atomic mass is 10.1. The van der Waals surface area contributed by atoms with Crippen LogP contribution in [-0.4, -0.2) is 22.6 Å². The highest BCUT2D eigenvalue weighted by Gasteiger charge is 2.19. The molecule has 1 aliphatic rings. The molecule has 5 heteroatoms. The number of hydrogen-bond donors (Lipinski definition) is 2. The van der Waals surface area contributed by atoms with Crippen molar-refractivity contribution in [1.29, 1.82) is 0 Å². The molecule has 3 N–H and O–H groups in total. The molecule has 0 aromatic carbocycles. The summed E-state index contributed by atoms with van der Waals surface area (Å²) in [4.78, 5) is 8.66. The number of hydrogen-bond acceptors (Lipinski definition) is 4. The molecule has 0 aliphatic heterocycles. The van der Waals surface area contributed by atoms with E-state index < -0.39 is 0 Å². The second-order valence-electron chi connectivity index (χ2n) is 4.71. The van der Waals surface area contributed by atoms with Crippen molar-refractivity contribution < 1.29 is 0 Å². The van der Waals surface area contributed by atoms with Gasteiger partial charge in [-0.05, 0) is 36.6 Å². The molecule has 98 valence electrons. The van der Waals surface area contributed by atoms with E-state index in [4.69, 9.17) is 17.3 Å². The molecule has 2 heterocycles. The van der Waals surface area contributed by atoms with E-state index in [1.165, 1.54) is 12.8 Å². The van der Waals surface area contributed by atoms with E-state index >= 15 is 0 Å². The Balaban J connectivity index is 1.95. The minimum absolute atomic E-state index is 0.466. The minimum atomic E-state index is 0.466. The van der Waals surface area contributed by atoms with Crippen LogP contribution in [0.4, 0.5) is 0 Å². The Morgan fingerprint density at radius 3 is 3.00 bits per heavy atom. The molecule has 0 spiro atoms. The van der Waals surface area contributed by atoms with E-state index in [2.05, 4.69) is 15.3 Å². The average molecular weight is 275 g/mol. The summed E-state index contributed by atoms with van der Waals surface area (Å²) in [6, 6.07) is 6.19. The highest BCUT2D eigenvalue weighted by atomic mass is 35.5.